The van der Waals surface area contributed by atoms with Crippen LogP contribution >= 0.6 is 0 Å². The topological polar surface area (TPSA) is 94.9 Å². The second-order valence-electron chi connectivity index (χ2n) is 12.5. The molecule has 2 saturated heterocycles. The summed E-state index contributed by atoms with van der Waals surface area (Å²) in [4.78, 5) is 29.4. The molecular weight excluding hydrogens is 479 g/mol. The van der Waals surface area contributed by atoms with Gasteiger partial charge in [0.2, 0.25) is 5.91 Å². The van der Waals surface area contributed by atoms with E-state index in [-0.39, 0.29) is 47.5 Å². The summed E-state index contributed by atoms with van der Waals surface area (Å²) in [7, 11) is 1.24. The first kappa shape index (κ1) is 27.0. The first-order valence-electron chi connectivity index (χ1n) is 14.2. The minimum absolute atomic E-state index is 0.0409. The highest BCUT2D eigenvalue weighted by Gasteiger charge is 2.68. The number of amides is 3. The number of piperidine rings is 1. The number of urea groups is 1. The van der Waals surface area contributed by atoms with Gasteiger partial charge in [-0.2, -0.15) is 5.26 Å². The summed E-state index contributed by atoms with van der Waals surface area (Å²) < 4.78 is 13.3. The number of benzene rings is 1. The maximum Gasteiger partial charge on any atom is 0.482 e. The molecule has 0 radical (unpaired) electrons. The molecule has 4 unspecified atom stereocenters. The average molecular weight is 520 g/mol. The van der Waals surface area contributed by atoms with Gasteiger partial charge in [-0.05, 0) is 68.3 Å². The number of hydrogen-bond donors (Lipinski definition) is 1. The minimum atomic E-state index is -0.527. The Balaban J connectivity index is 1.29. The van der Waals surface area contributed by atoms with Gasteiger partial charge >= 0.3 is 13.1 Å². The molecule has 1 N–H and O–H groups in total. The van der Waals surface area contributed by atoms with E-state index in [1.807, 2.05) is 24.3 Å². The van der Waals surface area contributed by atoms with Crippen LogP contribution in [-0.2, 0) is 20.5 Å². The molecular formula is C29H41BN4O4. The number of nitrogens with one attached hydrogen (secondary N) is 1. The van der Waals surface area contributed by atoms with Gasteiger partial charge in [-0.1, -0.05) is 44.2 Å². The first-order chi connectivity index (χ1) is 18.1. The largest absolute Gasteiger partial charge is 0.482 e. The molecule has 3 saturated carbocycles. The first-order valence-corrected chi connectivity index (χ1v) is 14.2. The summed E-state index contributed by atoms with van der Waals surface area (Å²) in [5, 5.41) is 12.2. The normalized spacial score (nSPS) is 32.0. The molecule has 5 aliphatic rings. The number of rotatable bonds is 7. The zero-order chi connectivity index (χ0) is 27.1. The third-order valence-electron chi connectivity index (χ3n) is 9.91. The lowest BCUT2D eigenvalue weighted by Crippen LogP contribution is -2.65. The van der Waals surface area contributed by atoms with E-state index < -0.39 is 7.12 Å². The molecule has 6 rings (SSSR count). The highest BCUT2D eigenvalue weighted by molar-refractivity contribution is 6.48. The number of carbonyl (C=O) groups is 2. The van der Waals surface area contributed by atoms with E-state index in [0.29, 0.717) is 31.3 Å². The minimum Gasteiger partial charge on any atom is -0.404 e. The van der Waals surface area contributed by atoms with Crippen molar-refractivity contribution in [3.8, 4) is 6.07 Å². The lowest BCUT2D eigenvalue weighted by molar-refractivity contribution is -0.199. The Morgan fingerprint density at radius 1 is 1.24 bits per heavy atom. The summed E-state index contributed by atoms with van der Waals surface area (Å²) in [5.74, 6) is 0.599. The van der Waals surface area contributed by atoms with Crippen molar-refractivity contribution in [3.63, 3.8) is 0 Å². The van der Waals surface area contributed by atoms with Gasteiger partial charge in [-0.3, -0.25) is 4.79 Å². The number of likely N-dealkylation sites (tertiary alicyclic amines) is 1. The van der Waals surface area contributed by atoms with Crippen LogP contribution in [0.25, 0.3) is 0 Å². The van der Waals surface area contributed by atoms with Crippen LogP contribution in [0.5, 0.6) is 0 Å². The maximum absolute atomic E-state index is 13.5. The molecule has 9 heteroatoms. The van der Waals surface area contributed by atoms with Gasteiger partial charge in [0.25, 0.3) is 0 Å². The SMILES string of the molecule is CN(CC1CCCCN1C(=O)CC#N)C(=O)NC(Cc1ccccc1)B1O[C@@H]2CC3CC(C3(C)C)[C@]2(C)O1. The van der Waals surface area contributed by atoms with Crippen molar-refractivity contribution in [2.45, 2.75) is 89.4 Å². The van der Waals surface area contributed by atoms with E-state index >= 15 is 0 Å². The quantitative estimate of drug-likeness (QED) is 0.552. The van der Waals surface area contributed by atoms with E-state index in [4.69, 9.17) is 14.6 Å². The molecule has 2 aliphatic heterocycles. The molecule has 3 aliphatic carbocycles. The Morgan fingerprint density at radius 3 is 2.71 bits per heavy atom. The molecule has 204 valence electrons. The van der Waals surface area contributed by atoms with Crippen molar-refractivity contribution in [2.24, 2.45) is 17.3 Å². The lowest BCUT2D eigenvalue weighted by atomic mass is 9.43. The number of likely N-dealkylation sites (N-methyl/N-ethyl adjacent to an activating group) is 1. The molecule has 1 aromatic rings. The number of hydrogen-bond acceptors (Lipinski definition) is 5. The van der Waals surface area contributed by atoms with Gasteiger partial charge in [-0.25, -0.2) is 4.79 Å². The van der Waals surface area contributed by atoms with E-state index in [1.54, 1.807) is 16.8 Å². The summed E-state index contributed by atoms with van der Waals surface area (Å²) in [6.07, 6.45) is 5.46. The molecule has 6 atom stereocenters. The van der Waals surface area contributed by atoms with Crippen LogP contribution in [0.3, 0.4) is 0 Å². The van der Waals surface area contributed by atoms with Gasteiger partial charge in [-0.15, -0.1) is 0 Å². The molecule has 2 heterocycles. The Hall–Kier alpha value is -2.57. The maximum atomic E-state index is 13.5. The molecule has 0 aromatic heterocycles. The van der Waals surface area contributed by atoms with Crippen LogP contribution < -0.4 is 5.32 Å². The standard InChI is InChI=1S/C29H41BN4O4/c1-28(2)21-17-23(28)29(3)24(18-21)37-30(38-29)25(16-20-10-6-5-7-11-20)32-27(36)33(4)19-22-12-8-9-15-34(22)26(35)13-14-31/h5-7,10-11,21-25H,8-9,12-13,15-19H2,1-4H3,(H,32,36)/t21?,22?,23?,24-,25?,29+/m1/s1. The van der Waals surface area contributed by atoms with Gasteiger partial charge in [0.1, 0.15) is 6.42 Å². The van der Waals surface area contributed by atoms with Crippen molar-refractivity contribution in [2.75, 3.05) is 20.1 Å². The Labute approximate surface area is 227 Å². The van der Waals surface area contributed by atoms with E-state index in [2.05, 4.69) is 38.2 Å². The van der Waals surface area contributed by atoms with Crippen LogP contribution in [-0.4, -0.2) is 72.7 Å². The molecule has 8 nitrogen and oxygen atoms in total. The highest BCUT2D eigenvalue weighted by Crippen LogP contribution is 2.65. The van der Waals surface area contributed by atoms with Crippen LogP contribution in [0.2, 0.25) is 0 Å². The lowest BCUT2D eigenvalue weighted by Gasteiger charge is -2.64. The van der Waals surface area contributed by atoms with Crippen molar-refractivity contribution in [1.82, 2.24) is 15.1 Å². The molecule has 1 aromatic carbocycles. The number of nitrogens with zero attached hydrogens (tertiary/aromatic N) is 3. The Kier molecular flexibility index (Phi) is 7.49. The molecule has 3 amide bonds. The zero-order valence-electron chi connectivity index (χ0n) is 23.2. The fourth-order valence-electron chi connectivity index (χ4n) is 7.51. The number of nitriles is 1. The third kappa shape index (κ3) is 4.93. The summed E-state index contributed by atoms with van der Waals surface area (Å²) in [6, 6.07) is 11.8. The second kappa shape index (κ2) is 10.5. The Bertz CT molecular complexity index is 1080. The zero-order valence-corrected chi connectivity index (χ0v) is 23.2. The van der Waals surface area contributed by atoms with Crippen molar-refractivity contribution >= 4 is 19.1 Å². The van der Waals surface area contributed by atoms with E-state index in [1.165, 1.54) is 6.42 Å². The van der Waals surface area contributed by atoms with Crippen molar-refractivity contribution in [1.29, 1.82) is 5.26 Å². The van der Waals surface area contributed by atoms with Gasteiger partial charge in [0.05, 0.1) is 23.7 Å². The molecule has 38 heavy (non-hydrogen) atoms. The van der Waals surface area contributed by atoms with Gasteiger partial charge in [0, 0.05) is 26.2 Å². The smallest absolute Gasteiger partial charge is 0.404 e. The monoisotopic (exact) mass is 520 g/mol. The van der Waals surface area contributed by atoms with Crippen LogP contribution in [0, 0.1) is 28.6 Å². The fourth-order valence-corrected chi connectivity index (χ4v) is 7.51. The van der Waals surface area contributed by atoms with Crippen molar-refractivity contribution in [3.05, 3.63) is 35.9 Å². The van der Waals surface area contributed by atoms with Crippen LogP contribution in [0.4, 0.5) is 4.79 Å². The van der Waals surface area contributed by atoms with Gasteiger partial charge in [0.15, 0.2) is 0 Å². The number of carbonyl (C=O) groups excluding carboxylic acids is 2. The molecule has 2 bridgehead atoms. The van der Waals surface area contributed by atoms with Crippen LogP contribution in [0.1, 0.15) is 64.9 Å². The van der Waals surface area contributed by atoms with Crippen molar-refractivity contribution < 1.29 is 18.9 Å². The summed E-state index contributed by atoms with van der Waals surface area (Å²) in [5.41, 5.74) is 1.01. The Morgan fingerprint density at radius 2 is 2.00 bits per heavy atom. The second-order valence-corrected chi connectivity index (χ2v) is 12.5. The highest BCUT2D eigenvalue weighted by atomic mass is 16.7. The molecule has 0 spiro atoms. The molecule has 5 fully saturated rings. The third-order valence-corrected chi connectivity index (χ3v) is 9.91. The van der Waals surface area contributed by atoms with Crippen LogP contribution in [0.15, 0.2) is 30.3 Å². The van der Waals surface area contributed by atoms with Gasteiger partial charge < -0.3 is 24.4 Å². The predicted molar refractivity (Wildman–Crippen MR) is 145 cm³/mol. The fraction of sp³-hybridized carbons (Fsp3) is 0.690. The predicted octanol–water partition coefficient (Wildman–Crippen LogP) is 3.80. The van der Waals surface area contributed by atoms with E-state index in [0.717, 1.165) is 31.2 Å². The summed E-state index contributed by atoms with van der Waals surface area (Å²) in [6.45, 7) is 7.95. The summed E-state index contributed by atoms with van der Waals surface area (Å²) >= 11 is 0. The van der Waals surface area contributed by atoms with E-state index in [9.17, 15) is 9.59 Å². The average Bonchev–Trinajstić information content (AvgIpc) is 3.26.